The molecule has 0 bridgehead atoms. The second-order valence-electron chi connectivity index (χ2n) is 5.07. The van der Waals surface area contributed by atoms with Crippen LogP contribution >= 0.6 is 11.6 Å². The van der Waals surface area contributed by atoms with E-state index in [9.17, 15) is 4.79 Å². The third-order valence-corrected chi connectivity index (χ3v) is 4.36. The van der Waals surface area contributed by atoms with Crippen molar-refractivity contribution in [2.24, 2.45) is 5.92 Å². The number of benzene rings is 1. The van der Waals surface area contributed by atoms with Gasteiger partial charge in [0, 0.05) is 13.1 Å². The fraction of sp³-hybridized carbons (Fsp3) is 0.533. The van der Waals surface area contributed by atoms with Crippen molar-refractivity contribution in [1.82, 2.24) is 4.90 Å². The molecule has 2 atom stereocenters. The fourth-order valence-corrected chi connectivity index (χ4v) is 2.72. The molecule has 2 unspecified atom stereocenters. The van der Waals surface area contributed by atoms with E-state index in [1.54, 1.807) is 37.3 Å². The van der Waals surface area contributed by atoms with Gasteiger partial charge < -0.3 is 14.4 Å². The number of piperidine rings is 1. The Kier molecular flexibility index (Phi) is 4.76. The topological polar surface area (TPSA) is 38.8 Å². The van der Waals surface area contributed by atoms with Gasteiger partial charge in [-0.3, -0.25) is 4.79 Å². The van der Waals surface area contributed by atoms with Crippen molar-refractivity contribution >= 4 is 17.5 Å². The van der Waals surface area contributed by atoms with E-state index < -0.39 is 0 Å². The van der Waals surface area contributed by atoms with Crippen LogP contribution in [0.1, 0.15) is 23.7 Å². The number of hydrogen-bond acceptors (Lipinski definition) is 3. The first-order chi connectivity index (χ1) is 9.58. The Hall–Kier alpha value is -1.42. The van der Waals surface area contributed by atoms with Gasteiger partial charge in [0.15, 0.2) is 0 Å². The molecule has 1 aromatic carbocycles. The summed E-state index contributed by atoms with van der Waals surface area (Å²) in [6.07, 6.45) is 0.914. The molecule has 0 radical (unpaired) electrons. The number of amides is 1. The first kappa shape index (κ1) is 15.0. The summed E-state index contributed by atoms with van der Waals surface area (Å²) in [5.74, 6) is 1.40. The van der Waals surface area contributed by atoms with Crippen molar-refractivity contribution in [2.75, 3.05) is 27.3 Å². The van der Waals surface area contributed by atoms with Crippen LogP contribution in [0.3, 0.4) is 0 Å². The van der Waals surface area contributed by atoms with Gasteiger partial charge in [-0.2, -0.15) is 0 Å². The number of rotatable bonds is 3. The lowest BCUT2D eigenvalue weighted by molar-refractivity contribution is 0.0694. The van der Waals surface area contributed by atoms with E-state index in [0.717, 1.165) is 6.42 Å². The molecule has 1 heterocycles. The molecule has 5 heteroatoms. The number of alkyl halides is 1. The number of carbonyl (C=O) groups excluding carboxylic acids is 1. The average molecular weight is 298 g/mol. The van der Waals surface area contributed by atoms with Crippen LogP contribution in [-0.2, 0) is 0 Å². The SMILES string of the molecule is COc1cccc(OC)c1C(=O)N1CCC(C)C(Cl)C1. The van der Waals surface area contributed by atoms with Gasteiger partial charge in [-0.25, -0.2) is 0 Å². The zero-order valence-electron chi connectivity index (χ0n) is 12.1. The van der Waals surface area contributed by atoms with Crippen LogP contribution in [-0.4, -0.2) is 43.5 Å². The number of carbonyl (C=O) groups is 1. The molecular formula is C15H20ClNO3. The number of hydrogen-bond donors (Lipinski definition) is 0. The van der Waals surface area contributed by atoms with Crippen LogP contribution in [0.2, 0.25) is 0 Å². The lowest BCUT2D eigenvalue weighted by Gasteiger charge is -2.34. The Morgan fingerprint density at radius 3 is 2.40 bits per heavy atom. The maximum atomic E-state index is 12.7. The summed E-state index contributed by atoms with van der Waals surface area (Å²) in [5, 5.41) is -0.00611. The minimum atomic E-state index is -0.0862. The molecule has 1 saturated heterocycles. The van der Waals surface area contributed by atoms with E-state index in [-0.39, 0.29) is 11.3 Å². The number of halogens is 1. The van der Waals surface area contributed by atoms with Crippen molar-refractivity contribution in [1.29, 1.82) is 0 Å². The highest BCUT2D eigenvalue weighted by atomic mass is 35.5. The Morgan fingerprint density at radius 1 is 1.30 bits per heavy atom. The molecule has 1 amide bonds. The second kappa shape index (κ2) is 6.35. The van der Waals surface area contributed by atoms with Crippen molar-refractivity contribution in [3.8, 4) is 11.5 Å². The summed E-state index contributed by atoms with van der Waals surface area (Å²) in [5.41, 5.74) is 0.468. The lowest BCUT2D eigenvalue weighted by Crippen LogP contribution is -2.44. The standard InChI is InChI=1S/C15H20ClNO3/c1-10-7-8-17(9-11(10)16)15(18)14-12(19-2)5-4-6-13(14)20-3/h4-6,10-11H,7-9H2,1-3H3. The normalized spacial score (nSPS) is 22.5. The molecule has 110 valence electrons. The predicted octanol–water partition coefficient (Wildman–Crippen LogP) is 2.79. The van der Waals surface area contributed by atoms with Crippen LogP contribution in [0.5, 0.6) is 11.5 Å². The highest BCUT2D eigenvalue weighted by Crippen LogP contribution is 2.31. The van der Waals surface area contributed by atoms with Crippen molar-refractivity contribution < 1.29 is 14.3 Å². The molecule has 1 aromatic rings. The minimum absolute atomic E-state index is 0.00611. The molecule has 0 aliphatic carbocycles. The summed E-state index contributed by atoms with van der Waals surface area (Å²) in [6, 6.07) is 5.33. The van der Waals surface area contributed by atoms with Gasteiger partial charge >= 0.3 is 0 Å². The molecular weight excluding hydrogens is 278 g/mol. The molecule has 4 nitrogen and oxygen atoms in total. The van der Waals surface area contributed by atoms with Crippen molar-refractivity contribution in [3.05, 3.63) is 23.8 Å². The van der Waals surface area contributed by atoms with Crippen LogP contribution in [0.4, 0.5) is 0 Å². The average Bonchev–Trinajstić information content (AvgIpc) is 2.48. The number of likely N-dealkylation sites (tertiary alicyclic amines) is 1. The van der Waals surface area contributed by atoms with E-state index >= 15 is 0 Å². The van der Waals surface area contributed by atoms with Crippen molar-refractivity contribution in [3.63, 3.8) is 0 Å². The maximum Gasteiger partial charge on any atom is 0.261 e. The number of methoxy groups -OCH3 is 2. The third-order valence-electron chi connectivity index (χ3n) is 3.80. The van der Waals surface area contributed by atoms with Gasteiger partial charge in [0.25, 0.3) is 5.91 Å². The van der Waals surface area contributed by atoms with Crippen molar-refractivity contribution in [2.45, 2.75) is 18.7 Å². The molecule has 0 N–H and O–H groups in total. The molecule has 20 heavy (non-hydrogen) atoms. The Balaban J connectivity index is 2.29. The Labute approximate surface area is 124 Å². The number of ether oxygens (including phenoxy) is 2. The third kappa shape index (κ3) is 2.85. The summed E-state index contributed by atoms with van der Waals surface area (Å²) in [7, 11) is 3.10. The van der Waals surface area contributed by atoms with Gasteiger partial charge in [0.05, 0.1) is 19.6 Å². The number of nitrogens with zero attached hydrogens (tertiary/aromatic N) is 1. The smallest absolute Gasteiger partial charge is 0.261 e. The molecule has 1 aliphatic rings. The molecule has 0 aromatic heterocycles. The van der Waals surface area contributed by atoms with E-state index in [2.05, 4.69) is 6.92 Å². The molecule has 1 fully saturated rings. The molecule has 0 saturated carbocycles. The quantitative estimate of drug-likeness (QED) is 0.805. The zero-order valence-corrected chi connectivity index (χ0v) is 12.8. The molecule has 1 aliphatic heterocycles. The largest absolute Gasteiger partial charge is 0.496 e. The van der Waals surface area contributed by atoms with Crippen LogP contribution < -0.4 is 9.47 Å². The summed E-state index contributed by atoms with van der Waals surface area (Å²) >= 11 is 6.28. The summed E-state index contributed by atoms with van der Waals surface area (Å²) < 4.78 is 10.6. The maximum absolute atomic E-state index is 12.7. The molecule has 0 spiro atoms. The van der Waals surface area contributed by atoms with Crippen LogP contribution in [0.25, 0.3) is 0 Å². The minimum Gasteiger partial charge on any atom is -0.496 e. The van der Waals surface area contributed by atoms with Gasteiger partial charge in [0.2, 0.25) is 0 Å². The monoisotopic (exact) mass is 297 g/mol. The Bertz CT molecular complexity index is 470. The lowest BCUT2D eigenvalue weighted by atomic mass is 9.97. The second-order valence-corrected chi connectivity index (χ2v) is 5.63. The van der Waals surface area contributed by atoms with E-state index in [1.165, 1.54) is 0 Å². The van der Waals surface area contributed by atoms with Gasteiger partial charge in [-0.05, 0) is 24.5 Å². The summed E-state index contributed by atoms with van der Waals surface area (Å²) in [6.45, 7) is 3.39. The predicted molar refractivity (Wildman–Crippen MR) is 78.9 cm³/mol. The Morgan fingerprint density at radius 2 is 1.90 bits per heavy atom. The van der Waals surface area contributed by atoms with Crippen LogP contribution in [0, 0.1) is 5.92 Å². The van der Waals surface area contributed by atoms with E-state index in [4.69, 9.17) is 21.1 Å². The highest BCUT2D eigenvalue weighted by Gasteiger charge is 2.30. The zero-order chi connectivity index (χ0) is 14.7. The van der Waals surface area contributed by atoms with Crippen LogP contribution in [0.15, 0.2) is 18.2 Å². The summed E-state index contributed by atoms with van der Waals surface area (Å²) in [4.78, 5) is 14.5. The van der Waals surface area contributed by atoms with E-state index in [0.29, 0.717) is 36.1 Å². The van der Waals surface area contributed by atoms with Gasteiger partial charge in [-0.15, -0.1) is 11.6 Å². The van der Waals surface area contributed by atoms with Gasteiger partial charge in [0.1, 0.15) is 17.1 Å². The first-order valence-corrected chi connectivity index (χ1v) is 7.16. The highest BCUT2D eigenvalue weighted by molar-refractivity contribution is 6.21. The van der Waals surface area contributed by atoms with Gasteiger partial charge in [-0.1, -0.05) is 13.0 Å². The first-order valence-electron chi connectivity index (χ1n) is 6.72. The molecule has 2 rings (SSSR count). The van der Waals surface area contributed by atoms with E-state index in [1.807, 2.05) is 0 Å². The fourth-order valence-electron chi connectivity index (χ4n) is 2.43.